The molecule has 1 aromatic rings. The lowest BCUT2D eigenvalue weighted by Crippen LogP contribution is -2.25. The van der Waals surface area contributed by atoms with E-state index in [0.717, 1.165) is 42.1 Å². The van der Waals surface area contributed by atoms with Gasteiger partial charge in [-0.1, -0.05) is 0 Å². The summed E-state index contributed by atoms with van der Waals surface area (Å²) in [5.74, 6) is 1.79. The van der Waals surface area contributed by atoms with Crippen molar-refractivity contribution in [1.82, 2.24) is 0 Å². The molecule has 0 N–H and O–H groups in total. The van der Waals surface area contributed by atoms with Gasteiger partial charge < -0.3 is 9.15 Å². The molecule has 0 radical (unpaired) electrons. The first kappa shape index (κ1) is 11.4. The van der Waals surface area contributed by atoms with Crippen LogP contribution in [0.4, 0.5) is 0 Å². The second kappa shape index (κ2) is 4.42. The van der Waals surface area contributed by atoms with Gasteiger partial charge in [0.1, 0.15) is 11.5 Å². The number of hydrogen-bond donors (Lipinski definition) is 0. The first-order valence-electron chi connectivity index (χ1n) is 5.79. The van der Waals surface area contributed by atoms with Crippen LogP contribution in [-0.4, -0.2) is 19.0 Å². The van der Waals surface area contributed by atoms with Crippen LogP contribution in [0.3, 0.4) is 0 Å². The van der Waals surface area contributed by atoms with Gasteiger partial charge in [0.15, 0.2) is 5.78 Å². The van der Waals surface area contributed by atoms with E-state index in [4.69, 9.17) is 9.15 Å². The highest BCUT2D eigenvalue weighted by molar-refractivity contribution is 6.00. The van der Waals surface area contributed by atoms with Crippen LogP contribution < -0.4 is 0 Å². The second-order valence-corrected chi connectivity index (χ2v) is 4.49. The minimum atomic E-state index is 0.0168. The highest BCUT2D eigenvalue weighted by atomic mass is 16.5. The summed E-state index contributed by atoms with van der Waals surface area (Å²) in [6.07, 6.45) is 1.91. The van der Waals surface area contributed by atoms with Gasteiger partial charge in [-0.3, -0.25) is 4.79 Å². The summed E-state index contributed by atoms with van der Waals surface area (Å²) in [5.41, 5.74) is 1.75. The molecule has 1 aliphatic heterocycles. The van der Waals surface area contributed by atoms with E-state index in [1.54, 1.807) is 0 Å². The Morgan fingerprint density at radius 1 is 1.25 bits per heavy atom. The standard InChI is InChI=1S/C13H18O3/c1-8-9(2)16-10(3)12(8)13(14)11-5-4-6-15-7-11/h11H,4-7H2,1-3H3. The highest BCUT2D eigenvalue weighted by Crippen LogP contribution is 2.26. The van der Waals surface area contributed by atoms with Gasteiger partial charge in [0.25, 0.3) is 0 Å². The van der Waals surface area contributed by atoms with E-state index in [-0.39, 0.29) is 11.7 Å². The van der Waals surface area contributed by atoms with Crippen LogP contribution in [0, 0.1) is 26.7 Å². The molecule has 0 saturated carbocycles. The molecule has 0 spiro atoms. The lowest BCUT2D eigenvalue weighted by Gasteiger charge is -2.20. The first-order chi connectivity index (χ1) is 7.61. The fraction of sp³-hybridized carbons (Fsp3) is 0.615. The lowest BCUT2D eigenvalue weighted by atomic mass is 9.91. The van der Waals surface area contributed by atoms with Crippen molar-refractivity contribution in [2.24, 2.45) is 5.92 Å². The third-order valence-corrected chi connectivity index (χ3v) is 3.34. The number of aryl methyl sites for hydroxylation is 2. The molecule has 0 bridgehead atoms. The Morgan fingerprint density at radius 2 is 2.00 bits per heavy atom. The monoisotopic (exact) mass is 222 g/mol. The van der Waals surface area contributed by atoms with Crippen molar-refractivity contribution >= 4 is 5.78 Å². The van der Waals surface area contributed by atoms with Crippen LogP contribution in [0.1, 0.15) is 40.3 Å². The third-order valence-electron chi connectivity index (χ3n) is 3.34. The number of carbonyl (C=O) groups excluding carboxylic acids is 1. The van der Waals surface area contributed by atoms with E-state index in [1.807, 2.05) is 20.8 Å². The Morgan fingerprint density at radius 3 is 2.50 bits per heavy atom. The fourth-order valence-electron chi connectivity index (χ4n) is 2.31. The van der Waals surface area contributed by atoms with Crippen molar-refractivity contribution in [3.63, 3.8) is 0 Å². The van der Waals surface area contributed by atoms with E-state index >= 15 is 0 Å². The number of ether oxygens (including phenoxy) is 1. The summed E-state index contributed by atoms with van der Waals surface area (Å²) in [5, 5.41) is 0. The van der Waals surface area contributed by atoms with Gasteiger partial charge in [0, 0.05) is 18.1 Å². The largest absolute Gasteiger partial charge is 0.466 e. The summed E-state index contributed by atoms with van der Waals surface area (Å²) in [6.45, 7) is 7.05. The van der Waals surface area contributed by atoms with Gasteiger partial charge >= 0.3 is 0 Å². The molecule has 1 aromatic heterocycles. The van der Waals surface area contributed by atoms with Crippen molar-refractivity contribution in [3.05, 3.63) is 22.6 Å². The first-order valence-corrected chi connectivity index (χ1v) is 5.79. The molecule has 0 aromatic carbocycles. The number of hydrogen-bond acceptors (Lipinski definition) is 3. The zero-order chi connectivity index (χ0) is 11.7. The zero-order valence-corrected chi connectivity index (χ0v) is 10.1. The molecule has 2 heterocycles. The minimum Gasteiger partial charge on any atom is -0.466 e. The average molecular weight is 222 g/mol. The van der Waals surface area contributed by atoms with E-state index in [2.05, 4.69) is 0 Å². The van der Waals surface area contributed by atoms with E-state index < -0.39 is 0 Å². The Balaban J connectivity index is 2.25. The van der Waals surface area contributed by atoms with Gasteiger partial charge in [0.2, 0.25) is 0 Å². The van der Waals surface area contributed by atoms with Crippen molar-refractivity contribution in [2.45, 2.75) is 33.6 Å². The maximum absolute atomic E-state index is 12.3. The van der Waals surface area contributed by atoms with Crippen LogP contribution in [0.15, 0.2) is 4.42 Å². The molecular formula is C13H18O3. The summed E-state index contributed by atoms with van der Waals surface area (Å²) < 4.78 is 10.9. The topological polar surface area (TPSA) is 39.4 Å². The summed E-state index contributed by atoms with van der Waals surface area (Å²) >= 11 is 0. The Bertz CT molecular complexity index is 398. The predicted molar refractivity (Wildman–Crippen MR) is 60.8 cm³/mol. The van der Waals surface area contributed by atoms with E-state index in [0.29, 0.717) is 6.61 Å². The van der Waals surface area contributed by atoms with Crippen molar-refractivity contribution < 1.29 is 13.9 Å². The lowest BCUT2D eigenvalue weighted by molar-refractivity contribution is 0.0460. The van der Waals surface area contributed by atoms with Crippen LogP contribution in [-0.2, 0) is 4.74 Å². The van der Waals surface area contributed by atoms with Crippen molar-refractivity contribution in [2.75, 3.05) is 13.2 Å². The predicted octanol–water partition coefficient (Wildman–Crippen LogP) is 2.81. The van der Waals surface area contributed by atoms with Gasteiger partial charge in [-0.05, 0) is 33.6 Å². The zero-order valence-electron chi connectivity index (χ0n) is 10.1. The molecular weight excluding hydrogens is 204 g/mol. The molecule has 1 atom stereocenters. The quantitative estimate of drug-likeness (QED) is 0.722. The van der Waals surface area contributed by atoms with Crippen molar-refractivity contribution in [1.29, 1.82) is 0 Å². The Kier molecular flexibility index (Phi) is 3.15. The van der Waals surface area contributed by atoms with Crippen LogP contribution in [0.5, 0.6) is 0 Å². The second-order valence-electron chi connectivity index (χ2n) is 4.49. The SMILES string of the molecule is Cc1oc(C)c(C(=O)C2CCCOC2)c1C. The fourth-order valence-corrected chi connectivity index (χ4v) is 2.31. The summed E-state index contributed by atoms with van der Waals surface area (Å²) in [6, 6.07) is 0. The molecule has 3 heteroatoms. The maximum Gasteiger partial charge on any atom is 0.172 e. The van der Waals surface area contributed by atoms with Gasteiger partial charge in [-0.2, -0.15) is 0 Å². The molecule has 1 saturated heterocycles. The maximum atomic E-state index is 12.3. The molecule has 0 aliphatic carbocycles. The van der Waals surface area contributed by atoms with E-state index in [9.17, 15) is 4.79 Å². The Hall–Kier alpha value is -1.09. The molecule has 2 rings (SSSR count). The van der Waals surface area contributed by atoms with Crippen LogP contribution in [0.2, 0.25) is 0 Å². The smallest absolute Gasteiger partial charge is 0.172 e. The normalized spacial score (nSPS) is 21.1. The van der Waals surface area contributed by atoms with Gasteiger partial charge in [0.05, 0.1) is 12.2 Å². The average Bonchev–Trinajstić information content (AvgIpc) is 2.54. The molecule has 1 aliphatic rings. The summed E-state index contributed by atoms with van der Waals surface area (Å²) in [4.78, 5) is 12.3. The molecule has 88 valence electrons. The third kappa shape index (κ3) is 1.92. The number of ketones is 1. The molecule has 3 nitrogen and oxygen atoms in total. The number of rotatable bonds is 2. The Labute approximate surface area is 95.8 Å². The van der Waals surface area contributed by atoms with Gasteiger partial charge in [-0.25, -0.2) is 0 Å². The number of furan rings is 1. The number of carbonyl (C=O) groups is 1. The van der Waals surface area contributed by atoms with Crippen molar-refractivity contribution in [3.8, 4) is 0 Å². The minimum absolute atomic E-state index is 0.0168. The summed E-state index contributed by atoms with van der Waals surface area (Å²) in [7, 11) is 0. The van der Waals surface area contributed by atoms with Crippen LogP contribution in [0.25, 0.3) is 0 Å². The number of Topliss-reactive ketones (excluding diaryl/α,β-unsaturated/α-hetero) is 1. The highest BCUT2D eigenvalue weighted by Gasteiger charge is 2.27. The molecule has 1 fully saturated rings. The molecule has 1 unspecified atom stereocenters. The molecule has 16 heavy (non-hydrogen) atoms. The van der Waals surface area contributed by atoms with Gasteiger partial charge in [-0.15, -0.1) is 0 Å². The van der Waals surface area contributed by atoms with E-state index in [1.165, 1.54) is 0 Å². The van der Waals surface area contributed by atoms with Crippen LogP contribution >= 0.6 is 0 Å². The molecule has 0 amide bonds.